The highest BCUT2D eigenvalue weighted by atomic mass is 16.5. The molecule has 0 spiro atoms. The topological polar surface area (TPSA) is 93.3 Å². The molecule has 0 radical (unpaired) electrons. The van der Waals surface area contributed by atoms with Gasteiger partial charge in [-0.25, -0.2) is 0 Å². The van der Waals surface area contributed by atoms with E-state index in [0.717, 1.165) is 5.56 Å². The molecular formula is C16H19N5O3. The first-order chi connectivity index (χ1) is 11.6. The van der Waals surface area contributed by atoms with E-state index in [4.69, 9.17) is 14.7 Å². The van der Waals surface area contributed by atoms with Crippen LogP contribution in [0.1, 0.15) is 11.4 Å². The molecule has 2 aromatic rings. The van der Waals surface area contributed by atoms with Gasteiger partial charge in [-0.3, -0.25) is 9.36 Å². The highest BCUT2D eigenvalue weighted by Crippen LogP contribution is 2.27. The summed E-state index contributed by atoms with van der Waals surface area (Å²) in [5, 5.41) is 16.1. The van der Waals surface area contributed by atoms with Gasteiger partial charge in [0.2, 0.25) is 11.7 Å². The number of ether oxygens (including phenoxy) is 2. The molecule has 126 valence electrons. The fraction of sp³-hybridized carbons (Fsp3) is 0.375. The van der Waals surface area contributed by atoms with Crippen molar-refractivity contribution in [2.24, 2.45) is 0 Å². The number of aromatic nitrogens is 3. The van der Waals surface area contributed by atoms with Crippen molar-refractivity contribution in [3.05, 3.63) is 35.9 Å². The Kier molecular flexibility index (Phi) is 5.73. The van der Waals surface area contributed by atoms with Crippen LogP contribution < -0.4 is 9.47 Å². The van der Waals surface area contributed by atoms with Gasteiger partial charge in [-0.15, -0.1) is 10.2 Å². The second-order valence-electron chi connectivity index (χ2n) is 5.15. The summed E-state index contributed by atoms with van der Waals surface area (Å²) in [6.07, 6.45) is 2.05. The van der Waals surface area contributed by atoms with E-state index >= 15 is 0 Å². The molecule has 0 saturated heterocycles. The second kappa shape index (κ2) is 7.97. The summed E-state index contributed by atoms with van der Waals surface area (Å²) in [5.74, 6) is 1.33. The van der Waals surface area contributed by atoms with E-state index in [1.165, 1.54) is 10.9 Å². The molecule has 8 nitrogen and oxygen atoms in total. The van der Waals surface area contributed by atoms with Gasteiger partial charge in [-0.2, -0.15) is 5.26 Å². The predicted molar refractivity (Wildman–Crippen MR) is 85.6 cm³/mol. The monoisotopic (exact) mass is 329 g/mol. The van der Waals surface area contributed by atoms with Crippen LogP contribution in [0.4, 0.5) is 0 Å². The molecule has 1 amide bonds. The van der Waals surface area contributed by atoms with Crippen molar-refractivity contribution in [2.75, 3.05) is 27.8 Å². The SMILES string of the molecule is COc1ccc(CCN(C)C(=O)Cn2cnnc2C#N)cc1OC. The van der Waals surface area contributed by atoms with E-state index in [9.17, 15) is 4.79 Å². The van der Waals surface area contributed by atoms with Gasteiger partial charge in [0.25, 0.3) is 0 Å². The number of benzene rings is 1. The summed E-state index contributed by atoms with van der Waals surface area (Å²) >= 11 is 0. The van der Waals surface area contributed by atoms with E-state index in [2.05, 4.69) is 10.2 Å². The minimum absolute atomic E-state index is 0.0400. The number of hydrogen-bond acceptors (Lipinski definition) is 6. The predicted octanol–water partition coefficient (Wildman–Crippen LogP) is 0.868. The number of carbonyl (C=O) groups excluding carboxylic acids is 1. The smallest absolute Gasteiger partial charge is 0.242 e. The van der Waals surface area contributed by atoms with Crippen LogP contribution in [0, 0.1) is 11.3 Å². The molecule has 0 atom stereocenters. The third kappa shape index (κ3) is 4.01. The van der Waals surface area contributed by atoms with Crippen molar-refractivity contribution in [1.82, 2.24) is 19.7 Å². The van der Waals surface area contributed by atoms with Crippen LogP contribution in [0.2, 0.25) is 0 Å². The molecule has 0 aliphatic heterocycles. The molecule has 0 saturated carbocycles. The highest BCUT2D eigenvalue weighted by Gasteiger charge is 2.13. The van der Waals surface area contributed by atoms with Gasteiger partial charge in [0.05, 0.1) is 14.2 Å². The van der Waals surface area contributed by atoms with Crippen molar-refractivity contribution in [1.29, 1.82) is 5.26 Å². The summed E-state index contributed by atoms with van der Waals surface area (Å²) in [6, 6.07) is 7.56. The molecule has 8 heteroatoms. The zero-order chi connectivity index (χ0) is 17.5. The summed E-state index contributed by atoms with van der Waals surface area (Å²) in [4.78, 5) is 13.8. The minimum Gasteiger partial charge on any atom is -0.493 e. The number of nitrogens with zero attached hydrogens (tertiary/aromatic N) is 5. The van der Waals surface area contributed by atoms with Crippen LogP contribution in [0.5, 0.6) is 11.5 Å². The number of amides is 1. The van der Waals surface area contributed by atoms with E-state index < -0.39 is 0 Å². The molecule has 0 fully saturated rings. The van der Waals surface area contributed by atoms with Gasteiger partial charge in [-0.05, 0) is 24.1 Å². The molecule has 0 aliphatic carbocycles. The molecule has 1 heterocycles. The lowest BCUT2D eigenvalue weighted by Gasteiger charge is -2.18. The lowest BCUT2D eigenvalue weighted by atomic mass is 10.1. The van der Waals surface area contributed by atoms with Crippen LogP contribution >= 0.6 is 0 Å². The fourth-order valence-corrected chi connectivity index (χ4v) is 2.18. The lowest BCUT2D eigenvalue weighted by molar-refractivity contribution is -0.130. The van der Waals surface area contributed by atoms with Gasteiger partial charge in [0.1, 0.15) is 18.9 Å². The number of hydrogen-bond donors (Lipinski definition) is 0. The highest BCUT2D eigenvalue weighted by molar-refractivity contribution is 5.75. The van der Waals surface area contributed by atoms with E-state index in [0.29, 0.717) is 24.5 Å². The molecule has 24 heavy (non-hydrogen) atoms. The van der Waals surface area contributed by atoms with Crippen molar-refractivity contribution in [3.63, 3.8) is 0 Å². The zero-order valence-electron chi connectivity index (χ0n) is 13.9. The van der Waals surface area contributed by atoms with E-state index in [1.807, 2.05) is 24.3 Å². The molecular weight excluding hydrogens is 310 g/mol. The Hall–Kier alpha value is -3.08. The molecule has 0 bridgehead atoms. The maximum Gasteiger partial charge on any atom is 0.242 e. The average Bonchev–Trinajstić information content (AvgIpc) is 3.06. The Morgan fingerprint density at radius 3 is 2.75 bits per heavy atom. The van der Waals surface area contributed by atoms with Crippen molar-refractivity contribution >= 4 is 5.91 Å². The Morgan fingerprint density at radius 2 is 2.08 bits per heavy atom. The number of methoxy groups -OCH3 is 2. The molecule has 0 unspecified atom stereocenters. The quantitative estimate of drug-likeness (QED) is 0.748. The summed E-state index contributed by atoms with van der Waals surface area (Å²) in [7, 11) is 4.90. The average molecular weight is 329 g/mol. The molecule has 2 rings (SSSR count). The number of nitriles is 1. The lowest BCUT2D eigenvalue weighted by Crippen LogP contribution is -2.32. The Labute approximate surface area is 140 Å². The van der Waals surface area contributed by atoms with Crippen molar-refractivity contribution in [3.8, 4) is 17.6 Å². The standard InChI is InChI=1S/C16H19N5O3/c1-20(16(22)10-21-11-18-19-15(21)9-17)7-6-12-4-5-13(23-2)14(8-12)24-3/h4-5,8,11H,6-7,10H2,1-3H3. The van der Waals surface area contributed by atoms with Crippen molar-refractivity contribution < 1.29 is 14.3 Å². The summed E-state index contributed by atoms with van der Waals surface area (Å²) < 4.78 is 11.9. The first kappa shape index (κ1) is 17.3. The molecule has 1 aromatic heterocycles. The number of likely N-dealkylation sites (N-methyl/N-ethyl adjacent to an activating group) is 1. The van der Waals surface area contributed by atoms with Gasteiger partial charge in [0.15, 0.2) is 11.5 Å². The first-order valence-corrected chi connectivity index (χ1v) is 7.31. The van der Waals surface area contributed by atoms with Crippen LogP contribution in [-0.2, 0) is 17.8 Å². The number of carbonyl (C=O) groups is 1. The molecule has 1 aromatic carbocycles. The largest absolute Gasteiger partial charge is 0.493 e. The van der Waals surface area contributed by atoms with Crippen molar-refractivity contribution in [2.45, 2.75) is 13.0 Å². The zero-order valence-corrected chi connectivity index (χ0v) is 13.9. The third-order valence-electron chi connectivity index (χ3n) is 3.63. The molecule has 0 aliphatic rings. The minimum atomic E-state index is -0.119. The fourth-order valence-electron chi connectivity index (χ4n) is 2.18. The van der Waals surface area contributed by atoms with Gasteiger partial charge >= 0.3 is 0 Å². The van der Waals surface area contributed by atoms with Crippen LogP contribution in [0.3, 0.4) is 0 Å². The Bertz CT molecular complexity index is 750. The van der Waals surface area contributed by atoms with Crippen LogP contribution in [0.15, 0.2) is 24.5 Å². The Morgan fingerprint density at radius 1 is 1.33 bits per heavy atom. The van der Waals surface area contributed by atoms with Gasteiger partial charge < -0.3 is 14.4 Å². The third-order valence-corrected chi connectivity index (χ3v) is 3.63. The van der Waals surface area contributed by atoms with Gasteiger partial charge in [-0.1, -0.05) is 6.07 Å². The summed E-state index contributed by atoms with van der Waals surface area (Å²) in [5.41, 5.74) is 1.04. The van der Waals surface area contributed by atoms with Crippen LogP contribution in [-0.4, -0.2) is 53.4 Å². The first-order valence-electron chi connectivity index (χ1n) is 7.31. The normalized spacial score (nSPS) is 10.1. The van der Waals surface area contributed by atoms with E-state index in [-0.39, 0.29) is 18.3 Å². The maximum atomic E-state index is 12.2. The van der Waals surface area contributed by atoms with E-state index in [1.54, 1.807) is 26.2 Å². The maximum absolute atomic E-state index is 12.2. The second-order valence-corrected chi connectivity index (χ2v) is 5.15. The Balaban J connectivity index is 1.94. The van der Waals surface area contributed by atoms with Crippen LogP contribution in [0.25, 0.3) is 0 Å². The number of rotatable bonds is 7. The van der Waals surface area contributed by atoms with Gasteiger partial charge in [0, 0.05) is 13.6 Å². The summed E-state index contributed by atoms with van der Waals surface area (Å²) in [6.45, 7) is 0.580. The molecule has 0 N–H and O–H groups in total.